The molecule has 0 unspecified atom stereocenters. The van der Waals surface area contributed by atoms with Gasteiger partial charge in [0.25, 0.3) is 5.91 Å². The Bertz CT molecular complexity index is 677. The van der Waals surface area contributed by atoms with E-state index in [1.54, 1.807) is 43.5 Å². The molecule has 2 N–H and O–H groups in total. The standard InChI is InChI=1S/C16H17N5O2/c1-23-10-2-9-18-15-8-7-14(20-21-15)16(22)19-13-5-3-12(11-17)4-6-13/h3-8H,2,9-10H2,1H3,(H,18,21)(H,19,22). The van der Waals surface area contributed by atoms with Crippen molar-refractivity contribution in [2.24, 2.45) is 0 Å². The van der Waals surface area contributed by atoms with Gasteiger partial charge in [-0.2, -0.15) is 5.26 Å². The number of carbonyl (C=O) groups is 1. The van der Waals surface area contributed by atoms with E-state index < -0.39 is 0 Å². The van der Waals surface area contributed by atoms with Crippen LogP contribution >= 0.6 is 0 Å². The minimum absolute atomic E-state index is 0.219. The summed E-state index contributed by atoms with van der Waals surface area (Å²) in [6.07, 6.45) is 0.860. The van der Waals surface area contributed by atoms with Crippen LogP contribution in [0.1, 0.15) is 22.5 Å². The second-order valence-electron chi connectivity index (χ2n) is 4.72. The van der Waals surface area contributed by atoms with Crippen molar-refractivity contribution in [2.75, 3.05) is 30.9 Å². The number of nitrogens with one attached hydrogen (secondary N) is 2. The normalized spacial score (nSPS) is 9.91. The molecule has 1 heterocycles. The number of nitrogens with zero attached hydrogens (tertiary/aromatic N) is 3. The van der Waals surface area contributed by atoms with Crippen LogP contribution in [0, 0.1) is 11.3 Å². The Labute approximate surface area is 134 Å². The molecule has 1 aromatic heterocycles. The van der Waals surface area contributed by atoms with E-state index in [-0.39, 0.29) is 11.6 Å². The molecule has 7 heteroatoms. The molecule has 0 aliphatic rings. The van der Waals surface area contributed by atoms with Gasteiger partial charge >= 0.3 is 0 Å². The van der Waals surface area contributed by atoms with Crippen molar-refractivity contribution in [3.05, 3.63) is 47.7 Å². The summed E-state index contributed by atoms with van der Waals surface area (Å²) in [7, 11) is 1.65. The molecule has 0 radical (unpaired) electrons. The Balaban J connectivity index is 1.90. The largest absolute Gasteiger partial charge is 0.385 e. The molecule has 0 atom stereocenters. The lowest BCUT2D eigenvalue weighted by Crippen LogP contribution is -2.15. The summed E-state index contributed by atoms with van der Waals surface area (Å²) in [6.45, 7) is 1.39. The van der Waals surface area contributed by atoms with Crippen molar-refractivity contribution >= 4 is 17.4 Å². The molecular formula is C16H17N5O2. The van der Waals surface area contributed by atoms with Gasteiger partial charge in [0.05, 0.1) is 11.6 Å². The fourth-order valence-electron chi connectivity index (χ4n) is 1.80. The van der Waals surface area contributed by atoms with E-state index in [1.807, 2.05) is 6.07 Å². The fraction of sp³-hybridized carbons (Fsp3) is 0.250. The quantitative estimate of drug-likeness (QED) is 0.759. The zero-order chi connectivity index (χ0) is 16.5. The third-order valence-electron chi connectivity index (χ3n) is 3.00. The Kier molecular flexibility index (Phi) is 6.03. The topological polar surface area (TPSA) is 99.9 Å². The highest BCUT2D eigenvalue weighted by atomic mass is 16.5. The smallest absolute Gasteiger partial charge is 0.276 e. The number of amides is 1. The lowest BCUT2D eigenvalue weighted by atomic mass is 10.2. The molecule has 7 nitrogen and oxygen atoms in total. The zero-order valence-corrected chi connectivity index (χ0v) is 12.7. The highest BCUT2D eigenvalue weighted by Crippen LogP contribution is 2.10. The number of methoxy groups -OCH3 is 1. The van der Waals surface area contributed by atoms with Crippen LogP contribution in [0.4, 0.5) is 11.5 Å². The van der Waals surface area contributed by atoms with E-state index in [9.17, 15) is 4.79 Å². The second kappa shape index (κ2) is 8.46. The summed E-state index contributed by atoms with van der Waals surface area (Å²) in [6, 6.07) is 11.9. The van der Waals surface area contributed by atoms with Gasteiger partial charge in [-0.1, -0.05) is 0 Å². The molecule has 2 aromatic rings. The average molecular weight is 311 g/mol. The van der Waals surface area contributed by atoms with Crippen molar-refractivity contribution in [1.29, 1.82) is 5.26 Å². The van der Waals surface area contributed by atoms with Gasteiger partial charge in [-0.3, -0.25) is 4.79 Å². The summed E-state index contributed by atoms with van der Waals surface area (Å²) in [4.78, 5) is 12.1. The van der Waals surface area contributed by atoms with Crippen LogP contribution in [-0.4, -0.2) is 36.4 Å². The first kappa shape index (κ1) is 16.4. The predicted molar refractivity (Wildman–Crippen MR) is 86.1 cm³/mol. The molecule has 0 aliphatic carbocycles. The molecule has 0 saturated heterocycles. The maximum absolute atomic E-state index is 12.1. The molecule has 0 saturated carbocycles. The Morgan fingerprint density at radius 1 is 1.22 bits per heavy atom. The van der Waals surface area contributed by atoms with Crippen LogP contribution in [0.5, 0.6) is 0 Å². The molecular weight excluding hydrogens is 294 g/mol. The number of ether oxygens (including phenoxy) is 1. The van der Waals surface area contributed by atoms with Crippen LogP contribution in [0.15, 0.2) is 36.4 Å². The number of hydrogen-bond donors (Lipinski definition) is 2. The number of hydrogen-bond acceptors (Lipinski definition) is 6. The van der Waals surface area contributed by atoms with Gasteiger partial charge in [-0.05, 0) is 42.8 Å². The molecule has 1 amide bonds. The van der Waals surface area contributed by atoms with E-state index in [2.05, 4.69) is 20.8 Å². The highest BCUT2D eigenvalue weighted by Gasteiger charge is 2.08. The van der Waals surface area contributed by atoms with E-state index in [0.717, 1.165) is 13.0 Å². The summed E-state index contributed by atoms with van der Waals surface area (Å²) in [5.41, 5.74) is 1.35. The third-order valence-corrected chi connectivity index (χ3v) is 3.00. The molecule has 0 spiro atoms. The van der Waals surface area contributed by atoms with Crippen molar-refractivity contribution in [1.82, 2.24) is 10.2 Å². The zero-order valence-electron chi connectivity index (χ0n) is 12.7. The van der Waals surface area contributed by atoms with Gasteiger partial charge in [-0.25, -0.2) is 0 Å². The maximum Gasteiger partial charge on any atom is 0.276 e. The first-order valence-electron chi connectivity index (χ1n) is 7.11. The fourth-order valence-corrected chi connectivity index (χ4v) is 1.80. The van der Waals surface area contributed by atoms with Crippen molar-refractivity contribution in [3.8, 4) is 6.07 Å². The molecule has 23 heavy (non-hydrogen) atoms. The van der Waals surface area contributed by atoms with Gasteiger partial charge < -0.3 is 15.4 Å². The summed E-state index contributed by atoms with van der Waals surface area (Å²) < 4.78 is 4.95. The third kappa shape index (κ3) is 5.05. The number of aromatic nitrogens is 2. The molecule has 0 aliphatic heterocycles. The molecule has 1 aromatic carbocycles. The summed E-state index contributed by atoms with van der Waals surface area (Å²) in [5.74, 6) is 0.254. The SMILES string of the molecule is COCCCNc1ccc(C(=O)Nc2ccc(C#N)cc2)nn1. The van der Waals surface area contributed by atoms with E-state index in [4.69, 9.17) is 10.00 Å². The Morgan fingerprint density at radius 3 is 2.61 bits per heavy atom. The molecule has 118 valence electrons. The van der Waals surface area contributed by atoms with Crippen LogP contribution < -0.4 is 10.6 Å². The summed E-state index contributed by atoms with van der Waals surface area (Å²) in [5, 5.41) is 22.4. The van der Waals surface area contributed by atoms with E-state index >= 15 is 0 Å². The number of carbonyl (C=O) groups excluding carboxylic acids is 1. The van der Waals surface area contributed by atoms with Crippen molar-refractivity contribution in [3.63, 3.8) is 0 Å². The molecule has 2 rings (SSSR count). The predicted octanol–water partition coefficient (Wildman–Crippen LogP) is 2.05. The Morgan fingerprint density at radius 2 is 2.00 bits per heavy atom. The maximum atomic E-state index is 12.1. The van der Waals surface area contributed by atoms with Crippen molar-refractivity contribution in [2.45, 2.75) is 6.42 Å². The Hall–Kier alpha value is -2.98. The highest BCUT2D eigenvalue weighted by molar-refractivity contribution is 6.02. The van der Waals surface area contributed by atoms with Gasteiger partial charge in [0.2, 0.25) is 0 Å². The minimum atomic E-state index is -0.354. The minimum Gasteiger partial charge on any atom is -0.385 e. The average Bonchev–Trinajstić information content (AvgIpc) is 2.60. The number of rotatable bonds is 7. The first-order chi connectivity index (χ1) is 11.2. The van der Waals surface area contributed by atoms with Gasteiger partial charge in [0, 0.05) is 25.9 Å². The van der Waals surface area contributed by atoms with Crippen molar-refractivity contribution < 1.29 is 9.53 Å². The number of nitriles is 1. The summed E-state index contributed by atoms with van der Waals surface area (Å²) >= 11 is 0. The van der Waals surface area contributed by atoms with Crippen LogP contribution in [0.3, 0.4) is 0 Å². The van der Waals surface area contributed by atoms with Crippen LogP contribution in [0.2, 0.25) is 0 Å². The number of anilines is 2. The monoisotopic (exact) mass is 311 g/mol. The van der Waals surface area contributed by atoms with E-state index in [1.165, 1.54) is 0 Å². The lowest BCUT2D eigenvalue weighted by molar-refractivity contribution is 0.102. The molecule has 0 bridgehead atoms. The van der Waals surface area contributed by atoms with Crippen LogP contribution in [-0.2, 0) is 4.74 Å². The molecule has 0 fully saturated rings. The van der Waals surface area contributed by atoms with Gasteiger partial charge in [0.1, 0.15) is 5.82 Å². The number of benzene rings is 1. The van der Waals surface area contributed by atoms with Crippen LogP contribution in [0.25, 0.3) is 0 Å². The van der Waals surface area contributed by atoms with E-state index in [0.29, 0.717) is 23.7 Å². The second-order valence-corrected chi connectivity index (χ2v) is 4.72. The van der Waals surface area contributed by atoms with Gasteiger partial charge in [-0.15, -0.1) is 10.2 Å². The first-order valence-corrected chi connectivity index (χ1v) is 7.11. The lowest BCUT2D eigenvalue weighted by Gasteiger charge is -2.06. The van der Waals surface area contributed by atoms with Gasteiger partial charge in [0.15, 0.2) is 5.69 Å².